The Morgan fingerprint density at radius 1 is 0.635 bits per heavy atom. The summed E-state index contributed by atoms with van der Waals surface area (Å²) in [6, 6.07) is -0.822. The highest BCUT2D eigenvalue weighted by Crippen LogP contribution is 2.22. The summed E-state index contributed by atoms with van der Waals surface area (Å²) in [6.07, 6.45) is 33.2. The van der Waals surface area contributed by atoms with Crippen molar-refractivity contribution in [1.29, 1.82) is 0 Å². The molecule has 0 radical (unpaired) electrons. The first-order chi connectivity index (χ1) is 25.3. The van der Waals surface area contributed by atoms with E-state index in [1.165, 1.54) is 103 Å². The lowest BCUT2D eigenvalue weighted by Gasteiger charge is -2.40. The van der Waals surface area contributed by atoms with E-state index < -0.39 is 49.5 Å². The number of aliphatic hydroxyl groups excluding tert-OH is 5. The van der Waals surface area contributed by atoms with Gasteiger partial charge in [-0.05, 0) is 44.9 Å². The van der Waals surface area contributed by atoms with Gasteiger partial charge in [-0.3, -0.25) is 4.79 Å². The van der Waals surface area contributed by atoms with E-state index in [2.05, 4.69) is 43.5 Å². The smallest absolute Gasteiger partial charge is 0.220 e. The van der Waals surface area contributed by atoms with Crippen LogP contribution in [0.2, 0.25) is 0 Å². The molecule has 0 aromatic heterocycles. The molecular formula is C43H79NO8. The Kier molecular flexibility index (Phi) is 31.6. The van der Waals surface area contributed by atoms with Gasteiger partial charge in [0.25, 0.3) is 0 Å². The lowest BCUT2D eigenvalue weighted by Crippen LogP contribution is -2.60. The number of amides is 1. The van der Waals surface area contributed by atoms with Crippen LogP contribution >= 0.6 is 0 Å². The molecule has 7 atom stereocenters. The number of aliphatic hydroxyl groups is 5. The van der Waals surface area contributed by atoms with Crippen molar-refractivity contribution in [2.45, 2.75) is 217 Å². The van der Waals surface area contributed by atoms with Gasteiger partial charge in [0.05, 0.1) is 25.4 Å². The van der Waals surface area contributed by atoms with E-state index in [4.69, 9.17) is 9.47 Å². The SMILES string of the molecule is CCCCCC/C=C/CC/C=C/CC/C=C/C(O)C(COC1OC(CO)C(O)C(O)C1O)NC(=O)CCCCCCCCCCCCCCCCC. The fraction of sp³-hybridized carbons (Fsp3) is 0.837. The normalized spacial score (nSPS) is 22.2. The summed E-state index contributed by atoms with van der Waals surface area (Å²) in [6.45, 7) is 3.71. The summed E-state index contributed by atoms with van der Waals surface area (Å²) in [4.78, 5) is 12.9. The zero-order valence-electron chi connectivity index (χ0n) is 33.1. The number of hydrogen-bond acceptors (Lipinski definition) is 8. The second kappa shape index (κ2) is 33.9. The zero-order chi connectivity index (χ0) is 38.1. The molecule has 0 aromatic rings. The summed E-state index contributed by atoms with van der Waals surface area (Å²) in [5, 5.41) is 54.0. The number of allylic oxidation sites excluding steroid dienone is 5. The van der Waals surface area contributed by atoms with Gasteiger partial charge in [-0.2, -0.15) is 0 Å². The fourth-order valence-corrected chi connectivity index (χ4v) is 6.48. The van der Waals surface area contributed by atoms with E-state index in [9.17, 15) is 30.3 Å². The summed E-state index contributed by atoms with van der Waals surface area (Å²) in [5.74, 6) is -0.192. The van der Waals surface area contributed by atoms with Gasteiger partial charge in [0.15, 0.2) is 6.29 Å². The van der Waals surface area contributed by atoms with Crippen LogP contribution in [-0.2, 0) is 14.3 Å². The molecule has 0 aromatic carbocycles. The van der Waals surface area contributed by atoms with Crippen molar-refractivity contribution < 1.29 is 39.8 Å². The maximum absolute atomic E-state index is 12.9. The predicted molar refractivity (Wildman–Crippen MR) is 212 cm³/mol. The highest BCUT2D eigenvalue weighted by Gasteiger charge is 2.44. The van der Waals surface area contributed by atoms with Gasteiger partial charge in [0.2, 0.25) is 5.91 Å². The first-order valence-electron chi connectivity index (χ1n) is 21.2. The second-order valence-electron chi connectivity index (χ2n) is 14.8. The van der Waals surface area contributed by atoms with Crippen LogP contribution in [0.1, 0.15) is 174 Å². The molecule has 7 unspecified atom stereocenters. The van der Waals surface area contributed by atoms with Gasteiger partial charge in [0, 0.05) is 6.42 Å². The molecule has 1 amide bonds. The lowest BCUT2D eigenvalue weighted by molar-refractivity contribution is -0.302. The molecular weight excluding hydrogens is 658 g/mol. The molecule has 0 aliphatic carbocycles. The molecule has 9 heteroatoms. The summed E-state index contributed by atoms with van der Waals surface area (Å²) >= 11 is 0. The summed E-state index contributed by atoms with van der Waals surface area (Å²) in [5.41, 5.74) is 0. The number of hydrogen-bond donors (Lipinski definition) is 6. The van der Waals surface area contributed by atoms with Crippen LogP contribution in [0.3, 0.4) is 0 Å². The molecule has 0 saturated carbocycles. The van der Waals surface area contributed by atoms with E-state index >= 15 is 0 Å². The van der Waals surface area contributed by atoms with Crippen molar-refractivity contribution in [2.75, 3.05) is 13.2 Å². The van der Waals surface area contributed by atoms with Gasteiger partial charge >= 0.3 is 0 Å². The zero-order valence-corrected chi connectivity index (χ0v) is 33.1. The first kappa shape index (κ1) is 48.4. The number of ether oxygens (including phenoxy) is 2. The van der Waals surface area contributed by atoms with E-state index in [0.29, 0.717) is 6.42 Å². The van der Waals surface area contributed by atoms with Crippen LogP contribution in [-0.4, -0.2) is 87.5 Å². The van der Waals surface area contributed by atoms with E-state index in [0.717, 1.165) is 51.4 Å². The van der Waals surface area contributed by atoms with Crippen LogP contribution < -0.4 is 5.32 Å². The molecule has 9 nitrogen and oxygen atoms in total. The van der Waals surface area contributed by atoms with Crippen LogP contribution in [0.15, 0.2) is 36.5 Å². The van der Waals surface area contributed by atoms with Crippen LogP contribution in [0.4, 0.5) is 0 Å². The Balaban J connectivity index is 2.44. The van der Waals surface area contributed by atoms with Crippen molar-refractivity contribution >= 4 is 5.91 Å². The second-order valence-corrected chi connectivity index (χ2v) is 14.8. The minimum atomic E-state index is -1.57. The third kappa shape index (κ3) is 24.7. The van der Waals surface area contributed by atoms with Gasteiger partial charge in [0.1, 0.15) is 24.4 Å². The quantitative estimate of drug-likeness (QED) is 0.0287. The highest BCUT2D eigenvalue weighted by molar-refractivity contribution is 5.76. The Labute approximate surface area is 317 Å². The van der Waals surface area contributed by atoms with Crippen LogP contribution in [0.25, 0.3) is 0 Å². The number of nitrogens with one attached hydrogen (secondary N) is 1. The molecule has 1 aliphatic rings. The fourth-order valence-electron chi connectivity index (χ4n) is 6.48. The number of unbranched alkanes of at least 4 members (excludes halogenated alkanes) is 20. The van der Waals surface area contributed by atoms with Crippen LogP contribution in [0, 0.1) is 0 Å². The summed E-state index contributed by atoms with van der Waals surface area (Å²) < 4.78 is 11.2. The standard InChI is InChI=1S/C43H79NO8/c1-3-5-7-9-11-13-15-17-19-21-23-25-27-29-31-33-39(47)44-36(35-51-43-42(50)41(49)40(48)38(34-45)52-43)37(46)32-30-28-26-24-22-20-18-16-14-12-10-8-6-4-2/h14,16,22,24,30,32,36-38,40-43,45-46,48-50H,3-13,15,17-21,23,25-29,31,33-35H2,1-2H3,(H,44,47)/b16-14+,24-22+,32-30+. The highest BCUT2D eigenvalue weighted by atomic mass is 16.7. The Bertz CT molecular complexity index is 910. The largest absolute Gasteiger partial charge is 0.394 e. The average molecular weight is 738 g/mol. The molecule has 6 N–H and O–H groups in total. The summed E-state index contributed by atoms with van der Waals surface area (Å²) in [7, 11) is 0. The van der Waals surface area contributed by atoms with Crippen molar-refractivity contribution in [3.8, 4) is 0 Å². The van der Waals surface area contributed by atoms with Gasteiger partial charge in [-0.15, -0.1) is 0 Å². The number of rotatable bonds is 34. The van der Waals surface area contributed by atoms with E-state index in [-0.39, 0.29) is 12.5 Å². The van der Waals surface area contributed by atoms with Crippen molar-refractivity contribution in [1.82, 2.24) is 5.32 Å². The molecule has 1 saturated heterocycles. The Morgan fingerprint density at radius 2 is 1.10 bits per heavy atom. The minimum absolute atomic E-state index is 0.192. The molecule has 52 heavy (non-hydrogen) atoms. The third-order valence-corrected chi connectivity index (χ3v) is 9.95. The number of carbonyl (C=O) groups is 1. The van der Waals surface area contributed by atoms with Gasteiger partial charge in [-0.1, -0.05) is 159 Å². The van der Waals surface area contributed by atoms with E-state index in [1.807, 2.05) is 6.08 Å². The molecule has 1 rings (SSSR count). The molecule has 0 spiro atoms. The topological polar surface area (TPSA) is 149 Å². The minimum Gasteiger partial charge on any atom is -0.394 e. The van der Waals surface area contributed by atoms with E-state index in [1.54, 1.807) is 6.08 Å². The van der Waals surface area contributed by atoms with Crippen molar-refractivity contribution in [3.05, 3.63) is 36.5 Å². The lowest BCUT2D eigenvalue weighted by atomic mass is 9.99. The van der Waals surface area contributed by atoms with Crippen molar-refractivity contribution in [3.63, 3.8) is 0 Å². The average Bonchev–Trinajstić information content (AvgIpc) is 3.14. The maximum Gasteiger partial charge on any atom is 0.220 e. The Hall–Kier alpha value is -1.59. The Morgan fingerprint density at radius 3 is 1.62 bits per heavy atom. The monoisotopic (exact) mass is 738 g/mol. The van der Waals surface area contributed by atoms with Crippen molar-refractivity contribution in [2.24, 2.45) is 0 Å². The number of carbonyl (C=O) groups excluding carboxylic acids is 1. The molecule has 1 heterocycles. The van der Waals surface area contributed by atoms with Crippen LogP contribution in [0.5, 0.6) is 0 Å². The molecule has 1 fully saturated rings. The maximum atomic E-state index is 12.9. The van der Waals surface area contributed by atoms with Gasteiger partial charge in [-0.25, -0.2) is 0 Å². The third-order valence-electron chi connectivity index (χ3n) is 9.95. The predicted octanol–water partition coefficient (Wildman–Crippen LogP) is 8.11. The molecule has 0 bridgehead atoms. The molecule has 304 valence electrons. The first-order valence-corrected chi connectivity index (χ1v) is 21.2. The van der Waals surface area contributed by atoms with Gasteiger partial charge < -0.3 is 40.3 Å². The molecule has 1 aliphatic heterocycles.